The summed E-state index contributed by atoms with van der Waals surface area (Å²) in [4.78, 5) is 11.2. The van der Waals surface area contributed by atoms with Gasteiger partial charge < -0.3 is 23.5 Å². The van der Waals surface area contributed by atoms with Crippen molar-refractivity contribution in [1.82, 2.24) is 0 Å². The molecule has 216 valence electrons. The van der Waals surface area contributed by atoms with Crippen LogP contribution in [0.3, 0.4) is 0 Å². The van der Waals surface area contributed by atoms with Crippen molar-refractivity contribution in [3.63, 3.8) is 0 Å². The quantitative estimate of drug-likeness (QED) is 0.197. The summed E-state index contributed by atoms with van der Waals surface area (Å²) in [5, 5.41) is 9.15. The second-order valence-corrected chi connectivity index (χ2v) is 11.2. The van der Waals surface area contributed by atoms with Gasteiger partial charge in [0.1, 0.15) is 18.1 Å². The summed E-state index contributed by atoms with van der Waals surface area (Å²) in [6, 6.07) is 18.9. The third-order valence-corrected chi connectivity index (χ3v) is 7.61. The second kappa shape index (κ2) is 15.2. The van der Waals surface area contributed by atoms with Crippen LogP contribution in [0.4, 0.5) is 0 Å². The lowest BCUT2D eigenvalue weighted by Crippen LogP contribution is -2.14. The monoisotopic (exact) mass is 570 g/mol. The van der Waals surface area contributed by atoms with E-state index in [0.717, 1.165) is 53.7 Å². The van der Waals surface area contributed by atoms with Crippen molar-refractivity contribution < 1.29 is 36.7 Å². The molecule has 0 saturated carbocycles. The molecule has 0 unspecified atom stereocenters. The van der Waals surface area contributed by atoms with Gasteiger partial charge in [-0.2, -0.15) is 8.42 Å². The Kier molecular flexibility index (Phi) is 11.7. The van der Waals surface area contributed by atoms with Gasteiger partial charge >= 0.3 is 16.1 Å². The molecule has 0 aliphatic carbocycles. The molecule has 9 heteroatoms. The first-order chi connectivity index (χ1) is 19.2. The molecule has 0 bridgehead atoms. The Labute approximate surface area is 237 Å². The fourth-order valence-electron chi connectivity index (χ4n) is 4.19. The van der Waals surface area contributed by atoms with E-state index in [0.29, 0.717) is 30.9 Å². The fourth-order valence-corrected chi connectivity index (χ4v) is 5.33. The molecule has 0 aromatic heterocycles. The minimum absolute atomic E-state index is 0.0241. The summed E-state index contributed by atoms with van der Waals surface area (Å²) < 4.78 is 46.5. The van der Waals surface area contributed by atoms with Crippen LogP contribution in [0.1, 0.15) is 54.9 Å². The van der Waals surface area contributed by atoms with Crippen molar-refractivity contribution in [1.29, 1.82) is 0 Å². The molecule has 0 aliphatic rings. The Morgan fingerprint density at radius 3 is 2.20 bits per heavy atom. The standard InChI is InChI=1S/C31H38O8S/c1-4-5-18-40(34,35)39-28-16-13-24(21-30(28)37-3)9-6-8-23-12-14-26(15-17-31(32)33)29(20-23)38-22-25-10-7-11-27(19-25)36-2/h7,10-14,16,19-21H,4-6,8-9,15,17-18,22H2,1-3H3,(H,32,33). The summed E-state index contributed by atoms with van der Waals surface area (Å²) in [7, 11) is -0.563. The molecule has 3 aromatic carbocycles. The summed E-state index contributed by atoms with van der Waals surface area (Å²) in [6.07, 6.45) is 4.07. The zero-order valence-electron chi connectivity index (χ0n) is 23.4. The topological polar surface area (TPSA) is 108 Å². The Bertz CT molecular complexity index is 1370. The number of rotatable bonds is 17. The van der Waals surface area contributed by atoms with Crippen LogP contribution in [0.25, 0.3) is 0 Å². The van der Waals surface area contributed by atoms with Crippen LogP contribution in [0.5, 0.6) is 23.0 Å². The highest BCUT2D eigenvalue weighted by Gasteiger charge is 2.16. The maximum atomic E-state index is 12.2. The molecule has 0 spiro atoms. The molecule has 0 aliphatic heterocycles. The molecule has 0 saturated heterocycles. The maximum Gasteiger partial charge on any atom is 0.309 e. The summed E-state index contributed by atoms with van der Waals surface area (Å²) in [6.45, 7) is 2.26. The smallest absolute Gasteiger partial charge is 0.309 e. The van der Waals surface area contributed by atoms with Crippen LogP contribution in [0.15, 0.2) is 60.7 Å². The van der Waals surface area contributed by atoms with Crippen LogP contribution in [0.2, 0.25) is 0 Å². The summed E-state index contributed by atoms with van der Waals surface area (Å²) >= 11 is 0. The lowest BCUT2D eigenvalue weighted by atomic mass is 10.0. The normalized spacial score (nSPS) is 11.2. The van der Waals surface area contributed by atoms with Crippen molar-refractivity contribution in [3.8, 4) is 23.0 Å². The van der Waals surface area contributed by atoms with Crippen molar-refractivity contribution in [3.05, 3.63) is 82.9 Å². The molecule has 3 aromatic rings. The average molecular weight is 571 g/mol. The SMILES string of the molecule is CCCCS(=O)(=O)Oc1ccc(CCCc2ccc(CCC(=O)O)c(OCc3cccc(OC)c3)c2)cc1OC. The molecule has 8 nitrogen and oxygen atoms in total. The van der Waals surface area contributed by atoms with E-state index in [-0.39, 0.29) is 17.9 Å². The van der Waals surface area contributed by atoms with Crippen LogP contribution < -0.4 is 18.4 Å². The number of carboxylic acid groups (broad SMARTS) is 1. The number of ether oxygens (including phenoxy) is 3. The van der Waals surface area contributed by atoms with Gasteiger partial charge in [-0.1, -0.05) is 43.7 Å². The molecule has 0 heterocycles. The third kappa shape index (κ3) is 9.79. The van der Waals surface area contributed by atoms with Crippen molar-refractivity contribution in [2.45, 2.75) is 58.5 Å². The van der Waals surface area contributed by atoms with Gasteiger partial charge in [-0.25, -0.2) is 0 Å². The highest BCUT2D eigenvalue weighted by atomic mass is 32.2. The van der Waals surface area contributed by atoms with E-state index in [1.165, 1.54) is 7.11 Å². The predicted molar refractivity (Wildman–Crippen MR) is 154 cm³/mol. The Morgan fingerprint density at radius 1 is 0.800 bits per heavy atom. The first kappa shape index (κ1) is 30.8. The van der Waals surface area contributed by atoms with Gasteiger partial charge in [-0.3, -0.25) is 4.79 Å². The van der Waals surface area contributed by atoms with Crippen LogP contribution >= 0.6 is 0 Å². The highest BCUT2D eigenvalue weighted by molar-refractivity contribution is 7.87. The number of hydrogen-bond acceptors (Lipinski definition) is 7. The van der Waals surface area contributed by atoms with Gasteiger partial charge in [0.25, 0.3) is 0 Å². The van der Waals surface area contributed by atoms with E-state index in [1.807, 2.05) is 61.5 Å². The first-order valence-corrected chi connectivity index (χ1v) is 15.0. The van der Waals surface area contributed by atoms with Crippen LogP contribution in [0, 0.1) is 0 Å². The molecule has 0 amide bonds. The fraction of sp³-hybridized carbons (Fsp3) is 0.387. The van der Waals surface area contributed by atoms with Gasteiger partial charge in [0, 0.05) is 6.42 Å². The summed E-state index contributed by atoms with van der Waals surface area (Å²) in [5.41, 5.74) is 3.88. The molecule has 3 rings (SSSR count). The van der Waals surface area contributed by atoms with Gasteiger partial charge in [0.2, 0.25) is 0 Å². The van der Waals surface area contributed by atoms with Crippen LogP contribution in [-0.2, 0) is 40.8 Å². The number of carboxylic acids is 1. The highest BCUT2D eigenvalue weighted by Crippen LogP contribution is 2.30. The number of hydrogen-bond donors (Lipinski definition) is 1. The molecule has 0 atom stereocenters. The van der Waals surface area contributed by atoms with Gasteiger partial charge in [0.05, 0.1) is 20.0 Å². The minimum atomic E-state index is -3.67. The number of carbonyl (C=O) groups is 1. The van der Waals surface area contributed by atoms with Crippen LogP contribution in [-0.4, -0.2) is 39.5 Å². The van der Waals surface area contributed by atoms with Crippen molar-refractivity contribution in [2.75, 3.05) is 20.0 Å². The zero-order chi connectivity index (χ0) is 29.0. The molecule has 40 heavy (non-hydrogen) atoms. The van der Waals surface area contributed by atoms with Gasteiger partial charge in [-0.05, 0) is 84.7 Å². The molecule has 1 N–H and O–H groups in total. The lowest BCUT2D eigenvalue weighted by Gasteiger charge is -2.14. The molecular formula is C31H38O8S. The first-order valence-electron chi connectivity index (χ1n) is 13.4. The lowest BCUT2D eigenvalue weighted by molar-refractivity contribution is -0.136. The maximum absolute atomic E-state index is 12.2. The number of methoxy groups -OCH3 is 2. The van der Waals surface area contributed by atoms with Gasteiger partial charge in [-0.15, -0.1) is 0 Å². The van der Waals surface area contributed by atoms with E-state index in [4.69, 9.17) is 23.5 Å². The van der Waals surface area contributed by atoms with E-state index in [1.54, 1.807) is 13.2 Å². The number of aliphatic carboxylic acids is 1. The third-order valence-electron chi connectivity index (χ3n) is 6.39. The van der Waals surface area contributed by atoms with E-state index in [9.17, 15) is 13.2 Å². The summed E-state index contributed by atoms with van der Waals surface area (Å²) in [5.74, 6) is 1.11. The molecule has 0 fully saturated rings. The van der Waals surface area contributed by atoms with Crippen molar-refractivity contribution in [2.24, 2.45) is 0 Å². The van der Waals surface area contributed by atoms with E-state index in [2.05, 4.69) is 0 Å². The van der Waals surface area contributed by atoms with E-state index >= 15 is 0 Å². The van der Waals surface area contributed by atoms with E-state index < -0.39 is 16.1 Å². The number of benzene rings is 3. The average Bonchev–Trinajstić information content (AvgIpc) is 2.95. The number of aryl methyl sites for hydroxylation is 3. The minimum Gasteiger partial charge on any atom is -0.497 e. The van der Waals surface area contributed by atoms with Gasteiger partial charge in [0.15, 0.2) is 11.5 Å². The Morgan fingerprint density at radius 2 is 1.52 bits per heavy atom. The molecular weight excluding hydrogens is 532 g/mol. The predicted octanol–water partition coefficient (Wildman–Crippen LogP) is 5.98. The van der Waals surface area contributed by atoms with Crippen molar-refractivity contribution >= 4 is 16.1 Å². The Balaban J connectivity index is 1.66. The molecule has 0 radical (unpaired) electrons. The second-order valence-electron chi connectivity index (χ2n) is 9.51. The largest absolute Gasteiger partial charge is 0.497 e. The zero-order valence-corrected chi connectivity index (χ0v) is 24.2. The number of unbranched alkanes of at least 4 members (excludes halogenated alkanes) is 1. The Hall–Kier alpha value is -3.72.